The van der Waals surface area contributed by atoms with Gasteiger partial charge < -0.3 is 13.9 Å². The number of hydrogen-bond acceptors (Lipinski definition) is 5. The van der Waals surface area contributed by atoms with Crippen LogP contribution >= 0.6 is 0 Å². The van der Waals surface area contributed by atoms with Crippen LogP contribution in [0.5, 0.6) is 0 Å². The van der Waals surface area contributed by atoms with Gasteiger partial charge in [0.2, 0.25) is 0 Å². The summed E-state index contributed by atoms with van der Waals surface area (Å²) in [6.07, 6.45) is 8.83. The topological polar surface area (TPSA) is 69.3 Å². The van der Waals surface area contributed by atoms with Crippen molar-refractivity contribution < 1.29 is 4.74 Å². The van der Waals surface area contributed by atoms with Crippen molar-refractivity contribution in [2.45, 2.75) is 6.23 Å². The zero-order valence-electron chi connectivity index (χ0n) is 12.0. The summed E-state index contributed by atoms with van der Waals surface area (Å²) in [7, 11) is 5.54. The standard InChI is InChI=1S/C13H20N6O/c1-18-8-6-15-11(18)10-14-4-5-17-13(20-3)12-16-7-9-19(12)2/h6-10,13,17H,4-5H2,1-3H3/t13-/m1/s1. The SMILES string of the molecule is CO[C@@H](NCCN=Cc1nccn1C)c1nccn1C. The lowest BCUT2D eigenvalue weighted by Crippen LogP contribution is -2.27. The van der Waals surface area contributed by atoms with Gasteiger partial charge in [0.25, 0.3) is 0 Å². The molecule has 2 heterocycles. The minimum atomic E-state index is -0.224. The van der Waals surface area contributed by atoms with E-state index < -0.39 is 0 Å². The molecule has 0 aliphatic carbocycles. The molecule has 0 spiro atoms. The number of rotatable bonds is 7. The van der Waals surface area contributed by atoms with Crippen molar-refractivity contribution in [2.24, 2.45) is 19.1 Å². The Morgan fingerprint density at radius 2 is 2.05 bits per heavy atom. The zero-order valence-corrected chi connectivity index (χ0v) is 12.0. The number of hydrogen-bond donors (Lipinski definition) is 1. The lowest BCUT2D eigenvalue weighted by molar-refractivity contribution is 0.0654. The summed E-state index contributed by atoms with van der Waals surface area (Å²) < 4.78 is 9.23. The Kier molecular flexibility index (Phi) is 5.03. The molecule has 20 heavy (non-hydrogen) atoms. The molecule has 7 heteroatoms. The van der Waals surface area contributed by atoms with Gasteiger partial charge in [-0.15, -0.1) is 0 Å². The van der Waals surface area contributed by atoms with E-state index in [4.69, 9.17) is 4.74 Å². The highest BCUT2D eigenvalue weighted by Crippen LogP contribution is 2.09. The van der Waals surface area contributed by atoms with Gasteiger partial charge in [0.05, 0.1) is 12.8 Å². The molecule has 0 amide bonds. The molecule has 0 aliphatic rings. The van der Waals surface area contributed by atoms with Gasteiger partial charge in [-0.05, 0) is 0 Å². The summed E-state index contributed by atoms with van der Waals surface area (Å²) in [4.78, 5) is 12.8. The van der Waals surface area contributed by atoms with Gasteiger partial charge >= 0.3 is 0 Å². The normalized spacial score (nSPS) is 13.2. The van der Waals surface area contributed by atoms with Crippen LogP contribution in [0.15, 0.2) is 29.8 Å². The molecule has 7 nitrogen and oxygen atoms in total. The van der Waals surface area contributed by atoms with Crippen LogP contribution in [-0.4, -0.2) is 45.5 Å². The average molecular weight is 276 g/mol. The summed E-state index contributed by atoms with van der Waals surface area (Å²) in [6, 6.07) is 0. The maximum atomic E-state index is 5.38. The van der Waals surface area contributed by atoms with Crippen molar-refractivity contribution in [3.8, 4) is 0 Å². The summed E-state index contributed by atoms with van der Waals surface area (Å²) >= 11 is 0. The Bertz CT molecular complexity index is 559. The molecule has 0 aromatic carbocycles. The molecule has 0 aliphatic heterocycles. The van der Waals surface area contributed by atoms with E-state index in [0.29, 0.717) is 13.1 Å². The van der Waals surface area contributed by atoms with Crippen molar-refractivity contribution >= 4 is 6.21 Å². The molecule has 1 N–H and O–H groups in total. The lowest BCUT2D eigenvalue weighted by Gasteiger charge is -2.16. The minimum absolute atomic E-state index is 0.224. The molecule has 0 fully saturated rings. The zero-order chi connectivity index (χ0) is 14.4. The number of aromatic nitrogens is 4. The van der Waals surface area contributed by atoms with Crippen LogP contribution in [0.25, 0.3) is 0 Å². The van der Waals surface area contributed by atoms with Gasteiger partial charge in [-0.1, -0.05) is 0 Å². The van der Waals surface area contributed by atoms with Crippen LogP contribution in [0.3, 0.4) is 0 Å². The number of nitrogens with zero attached hydrogens (tertiary/aromatic N) is 5. The number of ether oxygens (including phenoxy) is 1. The van der Waals surface area contributed by atoms with E-state index in [1.54, 1.807) is 25.7 Å². The van der Waals surface area contributed by atoms with Crippen LogP contribution in [0.2, 0.25) is 0 Å². The second-order valence-electron chi connectivity index (χ2n) is 4.40. The van der Waals surface area contributed by atoms with Gasteiger partial charge in [0.1, 0.15) is 5.82 Å². The highest BCUT2D eigenvalue weighted by Gasteiger charge is 2.13. The molecule has 0 radical (unpaired) electrons. The molecule has 108 valence electrons. The van der Waals surface area contributed by atoms with Gasteiger partial charge in [0, 0.05) is 52.5 Å². The third-order valence-electron chi connectivity index (χ3n) is 2.96. The fourth-order valence-electron chi connectivity index (χ4n) is 1.82. The average Bonchev–Trinajstić information content (AvgIpc) is 3.03. The smallest absolute Gasteiger partial charge is 0.166 e. The van der Waals surface area contributed by atoms with E-state index in [0.717, 1.165) is 11.6 Å². The predicted molar refractivity (Wildman–Crippen MR) is 76.6 cm³/mol. The molecule has 0 saturated carbocycles. The van der Waals surface area contributed by atoms with Crippen LogP contribution in [-0.2, 0) is 18.8 Å². The van der Waals surface area contributed by atoms with Crippen molar-refractivity contribution in [1.29, 1.82) is 0 Å². The quantitative estimate of drug-likeness (QED) is 0.454. The monoisotopic (exact) mass is 276 g/mol. The molecule has 2 rings (SSSR count). The van der Waals surface area contributed by atoms with Crippen LogP contribution < -0.4 is 5.32 Å². The second-order valence-corrected chi connectivity index (χ2v) is 4.40. The third kappa shape index (κ3) is 3.52. The summed E-state index contributed by atoms with van der Waals surface area (Å²) in [5.74, 6) is 1.69. The fraction of sp³-hybridized carbons (Fsp3) is 0.462. The van der Waals surface area contributed by atoms with E-state index in [2.05, 4.69) is 20.3 Å². The number of methoxy groups -OCH3 is 1. The number of nitrogens with one attached hydrogen (secondary N) is 1. The largest absolute Gasteiger partial charge is 0.359 e. The molecule has 0 unspecified atom stereocenters. The Morgan fingerprint density at radius 3 is 2.65 bits per heavy atom. The Hall–Kier alpha value is -1.99. The highest BCUT2D eigenvalue weighted by molar-refractivity contribution is 5.74. The first-order chi connectivity index (χ1) is 9.72. The highest BCUT2D eigenvalue weighted by atomic mass is 16.5. The van der Waals surface area contributed by atoms with Crippen LogP contribution in [0, 0.1) is 0 Å². The maximum absolute atomic E-state index is 5.38. The van der Waals surface area contributed by atoms with E-state index in [1.807, 2.05) is 35.6 Å². The van der Waals surface area contributed by atoms with Crippen molar-refractivity contribution in [3.05, 3.63) is 36.4 Å². The molecule has 0 bridgehead atoms. The summed E-state index contributed by atoms with van der Waals surface area (Å²) in [6.45, 7) is 1.35. The Balaban J connectivity index is 1.79. The molecule has 0 saturated heterocycles. The van der Waals surface area contributed by atoms with Gasteiger partial charge in [0.15, 0.2) is 12.1 Å². The maximum Gasteiger partial charge on any atom is 0.166 e. The minimum Gasteiger partial charge on any atom is -0.359 e. The Labute approximate surface area is 118 Å². The van der Waals surface area contributed by atoms with Gasteiger partial charge in [-0.25, -0.2) is 9.97 Å². The lowest BCUT2D eigenvalue weighted by atomic mass is 10.4. The van der Waals surface area contributed by atoms with E-state index in [1.165, 1.54) is 0 Å². The fourth-order valence-corrected chi connectivity index (χ4v) is 1.82. The molecule has 1 atom stereocenters. The predicted octanol–water partition coefficient (Wildman–Crippen LogP) is 0.507. The molecular formula is C13H20N6O. The van der Waals surface area contributed by atoms with Crippen molar-refractivity contribution in [1.82, 2.24) is 24.4 Å². The van der Waals surface area contributed by atoms with Gasteiger partial charge in [-0.3, -0.25) is 10.3 Å². The van der Waals surface area contributed by atoms with Gasteiger partial charge in [-0.2, -0.15) is 0 Å². The van der Waals surface area contributed by atoms with Crippen molar-refractivity contribution in [2.75, 3.05) is 20.2 Å². The van der Waals surface area contributed by atoms with Crippen molar-refractivity contribution in [3.63, 3.8) is 0 Å². The summed E-state index contributed by atoms with van der Waals surface area (Å²) in [5.41, 5.74) is 0. The molecule has 2 aromatic heterocycles. The van der Waals surface area contributed by atoms with Crippen LogP contribution in [0.4, 0.5) is 0 Å². The third-order valence-corrected chi connectivity index (χ3v) is 2.96. The first kappa shape index (κ1) is 14.4. The molecule has 2 aromatic rings. The first-order valence-corrected chi connectivity index (χ1v) is 6.43. The van der Waals surface area contributed by atoms with E-state index in [9.17, 15) is 0 Å². The number of imidazole rings is 2. The second kappa shape index (κ2) is 6.97. The van der Waals surface area contributed by atoms with Crippen LogP contribution in [0.1, 0.15) is 17.9 Å². The van der Waals surface area contributed by atoms with E-state index >= 15 is 0 Å². The molecular weight excluding hydrogens is 256 g/mol. The summed E-state index contributed by atoms with van der Waals surface area (Å²) in [5, 5.41) is 3.26. The van der Waals surface area contributed by atoms with E-state index in [-0.39, 0.29) is 6.23 Å². The number of aryl methyl sites for hydroxylation is 2. The Morgan fingerprint density at radius 1 is 1.30 bits per heavy atom. The first-order valence-electron chi connectivity index (χ1n) is 6.43. The number of aliphatic imine (C=N–C) groups is 1.